The van der Waals surface area contributed by atoms with Crippen molar-refractivity contribution in [1.82, 2.24) is 19.5 Å². The van der Waals surface area contributed by atoms with Gasteiger partial charge in [-0.15, -0.1) is 11.6 Å². The molecule has 1 aliphatic carbocycles. The summed E-state index contributed by atoms with van der Waals surface area (Å²) >= 11 is 6.14. The SMILES string of the molecule is ClCc1nc2ccc3[nH]cnc3c2n1C1CCCCC1. The van der Waals surface area contributed by atoms with E-state index in [2.05, 4.69) is 20.6 Å². The van der Waals surface area contributed by atoms with Crippen LogP contribution in [0.3, 0.4) is 0 Å². The molecule has 1 saturated carbocycles. The summed E-state index contributed by atoms with van der Waals surface area (Å²) in [5, 5.41) is 0. The second-order valence-electron chi connectivity index (χ2n) is 5.56. The quantitative estimate of drug-likeness (QED) is 0.720. The van der Waals surface area contributed by atoms with Crippen LogP contribution in [-0.4, -0.2) is 19.5 Å². The molecule has 1 aliphatic rings. The first-order chi connectivity index (χ1) is 9.88. The van der Waals surface area contributed by atoms with E-state index in [0.29, 0.717) is 11.9 Å². The highest BCUT2D eigenvalue weighted by molar-refractivity contribution is 6.17. The van der Waals surface area contributed by atoms with Crippen molar-refractivity contribution in [3.05, 3.63) is 24.3 Å². The Labute approximate surface area is 122 Å². The van der Waals surface area contributed by atoms with E-state index >= 15 is 0 Å². The lowest BCUT2D eigenvalue weighted by Gasteiger charge is -2.25. The number of hydrogen-bond donors (Lipinski definition) is 1. The Kier molecular flexibility index (Phi) is 2.91. The molecule has 2 heterocycles. The first-order valence-corrected chi connectivity index (χ1v) is 7.81. The largest absolute Gasteiger partial charge is 0.345 e. The van der Waals surface area contributed by atoms with E-state index < -0.39 is 0 Å². The minimum absolute atomic E-state index is 0.455. The number of nitrogens with zero attached hydrogens (tertiary/aromatic N) is 3. The van der Waals surface area contributed by atoms with Crippen LogP contribution >= 0.6 is 11.6 Å². The summed E-state index contributed by atoms with van der Waals surface area (Å²) in [5.41, 5.74) is 4.23. The molecule has 104 valence electrons. The normalized spacial score (nSPS) is 17.2. The molecule has 0 spiro atoms. The van der Waals surface area contributed by atoms with Gasteiger partial charge in [-0.3, -0.25) is 0 Å². The molecule has 3 aromatic rings. The van der Waals surface area contributed by atoms with Gasteiger partial charge in [-0.05, 0) is 25.0 Å². The van der Waals surface area contributed by atoms with E-state index in [0.717, 1.165) is 27.9 Å². The molecule has 0 unspecified atom stereocenters. The fourth-order valence-corrected chi connectivity index (χ4v) is 3.65. The molecule has 1 N–H and O–H groups in total. The second kappa shape index (κ2) is 4.77. The van der Waals surface area contributed by atoms with Gasteiger partial charge in [0.15, 0.2) is 0 Å². The third-order valence-corrected chi connectivity index (χ3v) is 4.61. The van der Waals surface area contributed by atoms with E-state index in [-0.39, 0.29) is 0 Å². The fraction of sp³-hybridized carbons (Fsp3) is 0.467. The van der Waals surface area contributed by atoms with Crippen molar-refractivity contribution >= 4 is 33.7 Å². The number of halogens is 1. The summed E-state index contributed by atoms with van der Waals surface area (Å²) in [4.78, 5) is 12.4. The van der Waals surface area contributed by atoms with E-state index in [1.807, 2.05) is 6.07 Å². The lowest BCUT2D eigenvalue weighted by atomic mass is 9.95. The molecule has 0 radical (unpaired) electrons. The average Bonchev–Trinajstić information content (AvgIpc) is 3.11. The van der Waals surface area contributed by atoms with Gasteiger partial charge in [0.05, 0.1) is 28.8 Å². The lowest BCUT2D eigenvalue weighted by molar-refractivity contribution is 0.355. The van der Waals surface area contributed by atoms with Crippen molar-refractivity contribution in [1.29, 1.82) is 0 Å². The highest BCUT2D eigenvalue weighted by Gasteiger charge is 2.22. The predicted molar refractivity (Wildman–Crippen MR) is 81.1 cm³/mol. The maximum absolute atomic E-state index is 6.14. The standard InChI is InChI=1S/C15H17ClN4/c16-8-13-19-12-7-6-11-14(18-9-17-11)15(12)20(13)10-4-2-1-3-5-10/h6-7,9-10H,1-5,8H2,(H,17,18). The van der Waals surface area contributed by atoms with Gasteiger partial charge in [-0.1, -0.05) is 19.3 Å². The average molecular weight is 289 g/mol. The van der Waals surface area contributed by atoms with E-state index in [1.54, 1.807) is 6.33 Å². The maximum atomic E-state index is 6.14. The number of imidazole rings is 2. The zero-order valence-corrected chi connectivity index (χ0v) is 12.0. The smallest absolute Gasteiger partial charge is 0.125 e. The van der Waals surface area contributed by atoms with Crippen LogP contribution in [-0.2, 0) is 5.88 Å². The highest BCUT2D eigenvalue weighted by atomic mass is 35.5. The topological polar surface area (TPSA) is 46.5 Å². The Morgan fingerprint density at radius 1 is 1.25 bits per heavy atom. The number of benzene rings is 1. The van der Waals surface area contributed by atoms with E-state index in [9.17, 15) is 0 Å². The number of nitrogens with one attached hydrogen (secondary N) is 1. The number of fused-ring (bicyclic) bond motifs is 3. The molecule has 0 saturated heterocycles. The molecule has 1 aromatic carbocycles. The van der Waals surface area contributed by atoms with Gasteiger partial charge in [-0.2, -0.15) is 0 Å². The van der Waals surface area contributed by atoms with Crippen LogP contribution in [0.1, 0.15) is 44.0 Å². The molecule has 4 nitrogen and oxygen atoms in total. The van der Waals surface area contributed by atoms with Crippen molar-refractivity contribution in [3.8, 4) is 0 Å². The number of aromatic amines is 1. The molecule has 0 bridgehead atoms. The van der Waals surface area contributed by atoms with E-state index in [4.69, 9.17) is 16.6 Å². The third kappa shape index (κ3) is 1.74. The molecule has 0 amide bonds. The van der Waals surface area contributed by atoms with Gasteiger partial charge in [-0.25, -0.2) is 9.97 Å². The zero-order chi connectivity index (χ0) is 13.5. The summed E-state index contributed by atoms with van der Waals surface area (Å²) in [7, 11) is 0. The summed E-state index contributed by atoms with van der Waals surface area (Å²) in [6.45, 7) is 0. The minimum atomic E-state index is 0.455. The van der Waals surface area contributed by atoms with Crippen molar-refractivity contribution in [2.75, 3.05) is 0 Å². The zero-order valence-electron chi connectivity index (χ0n) is 11.3. The van der Waals surface area contributed by atoms with Gasteiger partial charge in [0.1, 0.15) is 11.3 Å². The fourth-order valence-electron chi connectivity index (χ4n) is 3.46. The van der Waals surface area contributed by atoms with Crippen LogP contribution in [0.2, 0.25) is 0 Å². The molecular formula is C15H17ClN4. The Bertz CT molecular complexity index is 752. The molecule has 20 heavy (non-hydrogen) atoms. The molecule has 4 rings (SSSR count). The number of aromatic nitrogens is 4. The predicted octanol–water partition coefficient (Wildman–Crippen LogP) is 4.16. The Morgan fingerprint density at radius 2 is 2.10 bits per heavy atom. The first-order valence-electron chi connectivity index (χ1n) is 7.27. The molecule has 0 atom stereocenters. The number of rotatable bonds is 2. The van der Waals surface area contributed by atoms with Gasteiger partial charge in [0, 0.05) is 6.04 Å². The summed E-state index contributed by atoms with van der Waals surface area (Å²) in [6, 6.07) is 4.62. The molecule has 1 fully saturated rings. The van der Waals surface area contributed by atoms with Crippen molar-refractivity contribution < 1.29 is 0 Å². The minimum Gasteiger partial charge on any atom is -0.345 e. The van der Waals surface area contributed by atoms with Gasteiger partial charge in [0.2, 0.25) is 0 Å². The summed E-state index contributed by atoms with van der Waals surface area (Å²) in [5.74, 6) is 1.43. The number of hydrogen-bond acceptors (Lipinski definition) is 2. The molecule has 5 heteroatoms. The van der Waals surface area contributed by atoms with Crippen molar-refractivity contribution in [2.24, 2.45) is 0 Å². The van der Waals surface area contributed by atoms with Crippen LogP contribution in [0.15, 0.2) is 18.5 Å². The second-order valence-corrected chi connectivity index (χ2v) is 5.82. The number of alkyl halides is 1. The third-order valence-electron chi connectivity index (χ3n) is 4.37. The van der Waals surface area contributed by atoms with Gasteiger partial charge >= 0.3 is 0 Å². The Balaban J connectivity index is 2.01. The Hall–Kier alpha value is -1.55. The highest BCUT2D eigenvalue weighted by Crippen LogP contribution is 2.35. The van der Waals surface area contributed by atoms with Crippen LogP contribution in [0.4, 0.5) is 0 Å². The van der Waals surface area contributed by atoms with Gasteiger partial charge in [0.25, 0.3) is 0 Å². The van der Waals surface area contributed by atoms with Crippen molar-refractivity contribution in [2.45, 2.75) is 44.0 Å². The molecule has 0 aliphatic heterocycles. The van der Waals surface area contributed by atoms with Crippen LogP contribution < -0.4 is 0 Å². The van der Waals surface area contributed by atoms with Crippen LogP contribution in [0.25, 0.3) is 22.1 Å². The summed E-state index contributed by atoms with van der Waals surface area (Å²) < 4.78 is 2.35. The van der Waals surface area contributed by atoms with Crippen LogP contribution in [0, 0.1) is 0 Å². The van der Waals surface area contributed by atoms with Crippen molar-refractivity contribution in [3.63, 3.8) is 0 Å². The van der Waals surface area contributed by atoms with Crippen LogP contribution in [0.5, 0.6) is 0 Å². The Morgan fingerprint density at radius 3 is 2.90 bits per heavy atom. The molecule has 2 aromatic heterocycles. The van der Waals surface area contributed by atoms with Gasteiger partial charge < -0.3 is 9.55 Å². The monoisotopic (exact) mass is 288 g/mol. The maximum Gasteiger partial charge on any atom is 0.125 e. The lowest BCUT2D eigenvalue weighted by Crippen LogP contribution is -2.15. The first kappa shape index (κ1) is 12.2. The summed E-state index contributed by atoms with van der Waals surface area (Å²) in [6.07, 6.45) is 8.12. The molecular weight excluding hydrogens is 272 g/mol. The van der Waals surface area contributed by atoms with E-state index in [1.165, 1.54) is 32.1 Å². The number of H-pyrrole nitrogens is 1.